The number of pyridine rings is 1. The van der Waals surface area contributed by atoms with Gasteiger partial charge in [0.05, 0.1) is 5.52 Å². The van der Waals surface area contributed by atoms with Crippen LogP contribution in [0.2, 0.25) is 0 Å². The molecule has 1 aromatic heterocycles. The van der Waals surface area contributed by atoms with Gasteiger partial charge in [0.1, 0.15) is 11.8 Å². The Morgan fingerprint density at radius 1 is 1.38 bits per heavy atom. The molecular weight excluding hydrogens is 198 g/mol. The van der Waals surface area contributed by atoms with Crippen molar-refractivity contribution in [2.45, 2.75) is 13.3 Å². The summed E-state index contributed by atoms with van der Waals surface area (Å²) >= 11 is 0. The van der Waals surface area contributed by atoms with Crippen LogP contribution in [0.5, 0.6) is 0 Å². The van der Waals surface area contributed by atoms with Gasteiger partial charge < -0.3 is 5.32 Å². The summed E-state index contributed by atoms with van der Waals surface area (Å²) in [5.41, 5.74) is 3.54. The van der Waals surface area contributed by atoms with Gasteiger partial charge in [-0.1, -0.05) is 13.0 Å². The van der Waals surface area contributed by atoms with Crippen molar-refractivity contribution in [3.8, 4) is 6.07 Å². The SMILES string of the molecule is CCc1ccc2nc(C#N)cc(NC)c2c1. The van der Waals surface area contributed by atoms with E-state index in [9.17, 15) is 0 Å². The molecule has 2 rings (SSSR count). The number of nitriles is 1. The number of nitrogens with zero attached hydrogens (tertiary/aromatic N) is 2. The first-order chi connectivity index (χ1) is 7.78. The van der Waals surface area contributed by atoms with Gasteiger partial charge in [-0.05, 0) is 30.2 Å². The minimum atomic E-state index is 0.445. The quantitative estimate of drug-likeness (QED) is 0.830. The number of hydrogen-bond donors (Lipinski definition) is 1. The number of hydrogen-bond acceptors (Lipinski definition) is 3. The molecule has 0 saturated carbocycles. The van der Waals surface area contributed by atoms with Gasteiger partial charge in [-0.15, -0.1) is 0 Å². The third-order valence-electron chi connectivity index (χ3n) is 2.67. The van der Waals surface area contributed by atoms with Crippen molar-refractivity contribution in [1.82, 2.24) is 4.98 Å². The van der Waals surface area contributed by atoms with E-state index in [0.29, 0.717) is 5.69 Å². The Bertz CT molecular complexity index is 567. The van der Waals surface area contributed by atoms with Crippen molar-refractivity contribution in [2.24, 2.45) is 0 Å². The lowest BCUT2D eigenvalue weighted by atomic mass is 10.1. The van der Waals surface area contributed by atoms with E-state index in [2.05, 4.69) is 35.4 Å². The summed E-state index contributed by atoms with van der Waals surface area (Å²) < 4.78 is 0. The smallest absolute Gasteiger partial charge is 0.143 e. The van der Waals surface area contributed by atoms with Crippen molar-refractivity contribution in [1.29, 1.82) is 5.26 Å². The van der Waals surface area contributed by atoms with Gasteiger partial charge in [0.15, 0.2) is 0 Å². The zero-order chi connectivity index (χ0) is 11.5. The average molecular weight is 211 g/mol. The molecular formula is C13H13N3. The molecule has 1 heterocycles. The minimum absolute atomic E-state index is 0.445. The summed E-state index contributed by atoms with van der Waals surface area (Å²) in [4.78, 5) is 4.28. The maximum atomic E-state index is 8.88. The number of nitrogens with one attached hydrogen (secondary N) is 1. The molecule has 0 bridgehead atoms. The van der Waals surface area contributed by atoms with E-state index in [4.69, 9.17) is 5.26 Å². The fourth-order valence-electron chi connectivity index (χ4n) is 1.76. The standard InChI is InChI=1S/C13H13N3/c1-3-9-4-5-12-11(6-9)13(15-2)7-10(8-14)16-12/h4-7H,3H2,1-2H3,(H,15,16). The lowest BCUT2D eigenvalue weighted by Crippen LogP contribution is -1.95. The lowest BCUT2D eigenvalue weighted by Gasteiger charge is -2.07. The molecule has 1 aromatic carbocycles. The second-order valence-corrected chi connectivity index (χ2v) is 3.62. The largest absolute Gasteiger partial charge is 0.387 e. The average Bonchev–Trinajstić information content (AvgIpc) is 2.36. The van der Waals surface area contributed by atoms with Gasteiger partial charge >= 0.3 is 0 Å². The van der Waals surface area contributed by atoms with E-state index in [-0.39, 0.29) is 0 Å². The predicted octanol–water partition coefficient (Wildman–Crippen LogP) is 2.71. The fourth-order valence-corrected chi connectivity index (χ4v) is 1.76. The molecule has 0 aliphatic rings. The van der Waals surface area contributed by atoms with E-state index in [1.54, 1.807) is 6.07 Å². The van der Waals surface area contributed by atoms with Crippen LogP contribution in [0.1, 0.15) is 18.2 Å². The van der Waals surface area contributed by atoms with Crippen molar-refractivity contribution in [3.05, 3.63) is 35.5 Å². The molecule has 0 fully saturated rings. The van der Waals surface area contributed by atoms with E-state index < -0.39 is 0 Å². The zero-order valence-electron chi connectivity index (χ0n) is 9.41. The van der Waals surface area contributed by atoms with Crippen LogP contribution < -0.4 is 5.32 Å². The Morgan fingerprint density at radius 2 is 2.19 bits per heavy atom. The summed E-state index contributed by atoms with van der Waals surface area (Å²) in [7, 11) is 1.86. The first kappa shape index (κ1) is 10.4. The Labute approximate surface area is 94.7 Å². The second-order valence-electron chi connectivity index (χ2n) is 3.62. The Morgan fingerprint density at radius 3 is 2.81 bits per heavy atom. The molecule has 16 heavy (non-hydrogen) atoms. The molecule has 0 aliphatic heterocycles. The van der Waals surface area contributed by atoms with Crippen LogP contribution in [0.3, 0.4) is 0 Å². The highest BCUT2D eigenvalue weighted by Gasteiger charge is 2.04. The Balaban J connectivity index is 2.75. The van der Waals surface area contributed by atoms with Crippen LogP contribution in [0.15, 0.2) is 24.3 Å². The highest BCUT2D eigenvalue weighted by Crippen LogP contribution is 2.24. The Kier molecular flexibility index (Phi) is 2.74. The summed E-state index contributed by atoms with van der Waals surface area (Å²) in [5, 5.41) is 13.1. The summed E-state index contributed by atoms with van der Waals surface area (Å²) in [6.07, 6.45) is 0.999. The van der Waals surface area contributed by atoms with Crippen LogP contribution >= 0.6 is 0 Å². The maximum Gasteiger partial charge on any atom is 0.143 e. The molecule has 0 amide bonds. The minimum Gasteiger partial charge on any atom is -0.387 e. The van der Waals surface area contributed by atoms with Gasteiger partial charge in [-0.3, -0.25) is 0 Å². The van der Waals surface area contributed by atoms with E-state index in [0.717, 1.165) is 23.0 Å². The van der Waals surface area contributed by atoms with Gasteiger partial charge in [0, 0.05) is 18.1 Å². The predicted molar refractivity (Wildman–Crippen MR) is 65.4 cm³/mol. The van der Waals surface area contributed by atoms with Crippen LogP contribution in [-0.2, 0) is 6.42 Å². The van der Waals surface area contributed by atoms with Crippen molar-refractivity contribution in [3.63, 3.8) is 0 Å². The van der Waals surface area contributed by atoms with Crippen molar-refractivity contribution in [2.75, 3.05) is 12.4 Å². The zero-order valence-corrected chi connectivity index (χ0v) is 9.41. The third kappa shape index (κ3) is 1.70. The molecule has 1 N–H and O–H groups in total. The van der Waals surface area contributed by atoms with Crippen molar-refractivity contribution < 1.29 is 0 Å². The highest BCUT2D eigenvalue weighted by molar-refractivity contribution is 5.92. The molecule has 0 radical (unpaired) electrons. The molecule has 0 aliphatic carbocycles. The number of aryl methyl sites for hydroxylation is 1. The van der Waals surface area contributed by atoms with Gasteiger partial charge in [0.2, 0.25) is 0 Å². The monoisotopic (exact) mass is 211 g/mol. The number of anilines is 1. The van der Waals surface area contributed by atoms with E-state index in [1.807, 2.05) is 13.1 Å². The molecule has 0 saturated heterocycles. The maximum absolute atomic E-state index is 8.88. The van der Waals surface area contributed by atoms with Crippen molar-refractivity contribution >= 4 is 16.6 Å². The van der Waals surface area contributed by atoms with Crippen LogP contribution in [0, 0.1) is 11.3 Å². The van der Waals surface area contributed by atoms with E-state index >= 15 is 0 Å². The molecule has 3 heteroatoms. The highest BCUT2D eigenvalue weighted by atomic mass is 14.8. The molecule has 3 nitrogen and oxygen atoms in total. The molecule has 0 unspecified atom stereocenters. The lowest BCUT2D eigenvalue weighted by molar-refractivity contribution is 1.14. The first-order valence-electron chi connectivity index (χ1n) is 5.30. The number of benzene rings is 1. The summed E-state index contributed by atoms with van der Waals surface area (Å²) in [6.45, 7) is 2.12. The van der Waals surface area contributed by atoms with Crippen LogP contribution in [0.25, 0.3) is 10.9 Å². The molecule has 0 atom stereocenters. The second kappa shape index (κ2) is 4.19. The fraction of sp³-hybridized carbons (Fsp3) is 0.231. The van der Waals surface area contributed by atoms with E-state index in [1.165, 1.54) is 5.56 Å². The molecule has 2 aromatic rings. The number of fused-ring (bicyclic) bond motifs is 1. The first-order valence-corrected chi connectivity index (χ1v) is 5.30. The van der Waals surface area contributed by atoms with Crippen LogP contribution in [-0.4, -0.2) is 12.0 Å². The van der Waals surface area contributed by atoms with Gasteiger partial charge in [0.25, 0.3) is 0 Å². The van der Waals surface area contributed by atoms with Crippen LogP contribution in [0.4, 0.5) is 5.69 Å². The summed E-state index contributed by atoms with van der Waals surface area (Å²) in [5.74, 6) is 0. The summed E-state index contributed by atoms with van der Waals surface area (Å²) in [6, 6.07) is 9.99. The van der Waals surface area contributed by atoms with Gasteiger partial charge in [-0.25, -0.2) is 4.98 Å². The Hall–Kier alpha value is -2.08. The molecule has 80 valence electrons. The normalized spacial score (nSPS) is 10.1. The number of rotatable bonds is 2. The third-order valence-corrected chi connectivity index (χ3v) is 2.67. The number of aromatic nitrogens is 1. The topological polar surface area (TPSA) is 48.7 Å². The molecule has 0 spiro atoms. The van der Waals surface area contributed by atoms with Gasteiger partial charge in [-0.2, -0.15) is 5.26 Å².